The molecule has 0 saturated carbocycles. The number of nitrogen functional groups attached to an aromatic ring is 1. The number of fused-ring (bicyclic) bond motifs is 1. The number of hydrogen-bond donors (Lipinski definition) is 3. The van der Waals surface area contributed by atoms with Crippen molar-refractivity contribution in [3.05, 3.63) is 11.8 Å². The summed E-state index contributed by atoms with van der Waals surface area (Å²) in [5.41, 5.74) is 8.91. The molecular formula is C18H28N4O3. The van der Waals surface area contributed by atoms with Gasteiger partial charge in [0.2, 0.25) is 5.88 Å². The van der Waals surface area contributed by atoms with E-state index in [0.29, 0.717) is 24.0 Å². The maximum absolute atomic E-state index is 11.0. The fraction of sp³-hybridized carbons (Fsp3) is 0.667. The van der Waals surface area contributed by atoms with Crippen LogP contribution in [-0.2, 0) is 6.42 Å². The number of anilines is 2. The molecule has 2 aliphatic rings. The van der Waals surface area contributed by atoms with Crippen molar-refractivity contribution in [3.8, 4) is 5.88 Å². The van der Waals surface area contributed by atoms with Crippen LogP contribution in [0.25, 0.3) is 0 Å². The van der Waals surface area contributed by atoms with Gasteiger partial charge in [0.15, 0.2) is 0 Å². The van der Waals surface area contributed by atoms with Crippen LogP contribution in [0.5, 0.6) is 5.88 Å². The van der Waals surface area contributed by atoms with E-state index in [4.69, 9.17) is 15.6 Å². The van der Waals surface area contributed by atoms with E-state index in [9.17, 15) is 4.79 Å². The molecule has 4 N–H and O–H groups in total. The van der Waals surface area contributed by atoms with Crippen molar-refractivity contribution >= 4 is 17.5 Å². The summed E-state index contributed by atoms with van der Waals surface area (Å²) >= 11 is 0. The van der Waals surface area contributed by atoms with Gasteiger partial charge in [-0.3, -0.25) is 0 Å². The van der Waals surface area contributed by atoms with Gasteiger partial charge in [0.25, 0.3) is 0 Å². The van der Waals surface area contributed by atoms with Gasteiger partial charge in [0.05, 0.1) is 17.6 Å². The lowest BCUT2D eigenvalue weighted by atomic mass is 9.86. The van der Waals surface area contributed by atoms with E-state index in [-0.39, 0.29) is 17.6 Å². The molecule has 1 saturated heterocycles. The predicted molar refractivity (Wildman–Crippen MR) is 97.2 cm³/mol. The Balaban J connectivity index is 1.90. The summed E-state index contributed by atoms with van der Waals surface area (Å²) in [6.07, 6.45) is 2.33. The van der Waals surface area contributed by atoms with Crippen molar-refractivity contribution in [1.82, 2.24) is 10.3 Å². The first-order chi connectivity index (χ1) is 11.6. The topological polar surface area (TPSA) is 101 Å². The third-order valence-electron chi connectivity index (χ3n) is 5.05. The van der Waals surface area contributed by atoms with E-state index in [1.165, 1.54) is 0 Å². The van der Waals surface area contributed by atoms with Crippen LogP contribution in [0.15, 0.2) is 6.20 Å². The highest BCUT2D eigenvalue weighted by molar-refractivity contribution is 5.74. The van der Waals surface area contributed by atoms with E-state index in [1.807, 2.05) is 0 Å². The van der Waals surface area contributed by atoms with Crippen molar-refractivity contribution in [3.63, 3.8) is 0 Å². The number of nitrogens with two attached hydrogens (primary N) is 1. The standard InChI is InChI=1S/C18H28N4O3/c1-10-5-11(21-17(23)24)9-22(8-10)15-12-6-14(18(2,3)4)25-16(12)20-7-13(15)19/h7,10-11,14,21H,5-6,8-9,19H2,1-4H3,(H,23,24)/t10-,11+,14?/m1/s1. The summed E-state index contributed by atoms with van der Waals surface area (Å²) in [7, 11) is 0. The average molecular weight is 348 g/mol. The van der Waals surface area contributed by atoms with Gasteiger partial charge in [0, 0.05) is 31.1 Å². The van der Waals surface area contributed by atoms with Crippen LogP contribution in [0.1, 0.15) is 39.7 Å². The second-order valence-corrected chi connectivity index (χ2v) is 8.41. The lowest BCUT2D eigenvalue weighted by Gasteiger charge is -2.39. The number of ether oxygens (including phenoxy) is 1. The van der Waals surface area contributed by atoms with Gasteiger partial charge < -0.3 is 25.8 Å². The first-order valence-electron chi connectivity index (χ1n) is 8.83. The Morgan fingerprint density at radius 2 is 2.16 bits per heavy atom. The van der Waals surface area contributed by atoms with Gasteiger partial charge >= 0.3 is 6.09 Å². The van der Waals surface area contributed by atoms with E-state index >= 15 is 0 Å². The zero-order valence-corrected chi connectivity index (χ0v) is 15.4. The number of hydrogen-bond acceptors (Lipinski definition) is 5. The van der Waals surface area contributed by atoms with Gasteiger partial charge in [-0.1, -0.05) is 27.7 Å². The highest BCUT2D eigenvalue weighted by Gasteiger charge is 2.38. The minimum Gasteiger partial charge on any atom is -0.473 e. The van der Waals surface area contributed by atoms with E-state index < -0.39 is 6.09 Å². The smallest absolute Gasteiger partial charge is 0.404 e. The molecule has 138 valence electrons. The first-order valence-corrected chi connectivity index (χ1v) is 8.83. The molecule has 1 aromatic rings. The number of carbonyl (C=O) groups is 1. The van der Waals surface area contributed by atoms with E-state index in [2.05, 4.69) is 42.9 Å². The van der Waals surface area contributed by atoms with Crippen LogP contribution in [0.2, 0.25) is 0 Å². The second kappa shape index (κ2) is 6.28. The van der Waals surface area contributed by atoms with E-state index in [1.54, 1.807) is 6.20 Å². The highest BCUT2D eigenvalue weighted by atomic mass is 16.5. The predicted octanol–water partition coefficient (Wildman–Crippen LogP) is 2.50. The second-order valence-electron chi connectivity index (χ2n) is 8.41. The number of amides is 1. The van der Waals surface area contributed by atoms with Crippen LogP contribution in [0, 0.1) is 11.3 Å². The third kappa shape index (κ3) is 3.60. The quantitative estimate of drug-likeness (QED) is 0.759. The van der Waals surface area contributed by atoms with Gasteiger partial charge in [-0.15, -0.1) is 0 Å². The number of nitrogens with one attached hydrogen (secondary N) is 1. The number of nitrogens with zero attached hydrogens (tertiary/aromatic N) is 2. The molecule has 3 heterocycles. The molecular weight excluding hydrogens is 320 g/mol. The Morgan fingerprint density at radius 1 is 1.44 bits per heavy atom. The van der Waals surface area contributed by atoms with Crippen molar-refractivity contribution in [2.45, 2.75) is 52.7 Å². The molecule has 3 rings (SSSR count). The zero-order valence-electron chi connectivity index (χ0n) is 15.4. The zero-order chi connectivity index (χ0) is 18.4. The molecule has 0 radical (unpaired) electrons. The maximum Gasteiger partial charge on any atom is 0.404 e. The summed E-state index contributed by atoms with van der Waals surface area (Å²) < 4.78 is 6.07. The van der Waals surface area contributed by atoms with Gasteiger partial charge in [0.1, 0.15) is 6.10 Å². The SMILES string of the molecule is C[C@@H]1C[C@H](NC(=O)O)CN(c2c(N)cnc3c2CC(C(C)(C)C)O3)C1. The highest BCUT2D eigenvalue weighted by Crippen LogP contribution is 2.43. The summed E-state index contributed by atoms with van der Waals surface area (Å²) in [5.74, 6) is 1.03. The molecule has 1 unspecified atom stereocenters. The Hall–Kier alpha value is -2.18. The molecule has 3 atom stereocenters. The Labute approximate surface area is 148 Å². The number of aromatic nitrogens is 1. The minimum absolute atomic E-state index is 0.00925. The van der Waals surface area contributed by atoms with Gasteiger partial charge in [-0.2, -0.15) is 0 Å². The van der Waals surface area contributed by atoms with Crippen LogP contribution >= 0.6 is 0 Å². The Kier molecular flexibility index (Phi) is 4.43. The van der Waals surface area contributed by atoms with Crippen molar-refractivity contribution in [2.75, 3.05) is 23.7 Å². The number of piperidine rings is 1. The summed E-state index contributed by atoms with van der Waals surface area (Å²) in [6.45, 7) is 10.1. The molecule has 25 heavy (non-hydrogen) atoms. The van der Waals surface area contributed by atoms with Crippen molar-refractivity contribution in [2.24, 2.45) is 11.3 Å². The molecule has 1 aromatic heterocycles. The van der Waals surface area contributed by atoms with Crippen LogP contribution < -0.4 is 20.7 Å². The molecule has 1 fully saturated rings. The van der Waals surface area contributed by atoms with Crippen LogP contribution in [0.4, 0.5) is 16.2 Å². The van der Waals surface area contributed by atoms with Crippen LogP contribution in [0.3, 0.4) is 0 Å². The summed E-state index contributed by atoms with van der Waals surface area (Å²) in [5, 5.41) is 11.7. The molecule has 7 nitrogen and oxygen atoms in total. The molecule has 0 aromatic carbocycles. The number of pyridine rings is 1. The number of carboxylic acid groups (broad SMARTS) is 1. The van der Waals surface area contributed by atoms with Crippen LogP contribution in [-0.4, -0.2) is 41.4 Å². The maximum atomic E-state index is 11.0. The van der Waals surface area contributed by atoms with Crippen molar-refractivity contribution < 1.29 is 14.6 Å². The summed E-state index contributed by atoms with van der Waals surface area (Å²) in [4.78, 5) is 17.6. The lowest BCUT2D eigenvalue weighted by molar-refractivity contribution is 0.105. The molecule has 0 bridgehead atoms. The Bertz CT molecular complexity index is 671. The van der Waals surface area contributed by atoms with Gasteiger partial charge in [-0.25, -0.2) is 9.78 Å². The largest absolute Gasteiger partial charge is 0.473 e. The molecule has 1 amide bonds. The van der Waals surface area contributed by atoms with Crippen molar-refractivity contribution in [1.29, 1.82) is 0 Å². The van der Waals surface area contributed by atoms with E-state index in [0.717, 1.165) is 30.6 Å². The normalized spacial score (nSPS) is 26.1. The molecule has 0 aliphatic carbocycles. The lowest BCUT2D eigenvalue weighted by Crippen LogP contribution is -2.50. The fourth-order valence-electron chi connectivity index (χ4n) is 3.86. The number of rotatable bonds is 2. The fourth-order valence-corrected chi connectivity index (χ4v) is 3.86. The molecule has 0 spiro atoms. The molecule has 7 heteroatoms. The average Bonchev–Trinajstić information content (AvgIpc) is 2.89. The minimum atomic E-state index is -0.983. The Morgan fingerprint density at radius 3 is 2.80 bits per heavy atom. The summed E-state index contributed by atoms with van der Waals surface area (Å²) in [6, 6.07) is -0.106. The first kappa shape index (κ1) is 17.6. The van der Waals surface area contributed by atoms with Gasteiger partial charge in [-0.05, 0) is 17.8 Å². The third-order valence-corrected chi connectivity index (χ3v) is 5.05. The monoisotopic (exact) mass is 348 g/mol. The molecule has 2 aliphatic heterocycles.